The van der Waals surface area contributed by atoms with E-state index < -0.39 is 17.2 Å². The molecule has 6 nitrogen and oxygen atoms in total. The molecule has 0 unspecified atom stereocenters. The van der Waals surface area contributed by atoms with Gasteiger partial charge in [-0.25, -0.2) is 4.79 Å². The Morgan fingerprint density at radius 2 is 2.12 bits per heavy atom. The van der Waals surface area contributed by atoms with Crippen LogP contribution in [0.1, 0.15) is 31.7 Å². The lowest BCUT2D eigenvalue weighted by molar-refractivity contribution is -0.142. The summed E-state index contributed by atoms with van der Waals surface area (Å²) in [5.41, 5.74) is -0.338. The number of carbonyl (C=O) groups excluding carboxylic acids is 1. The Morgan fingerprint density at radius 1 is 1.33 bits per heavy atom. The number of fused-ring (bicyclic) bond motifs is 1. The molecule has 2 aromatic rings. The minimum Gasteiger partial charge on any atom is -0.491 e. The molecule has 0 aliphatic heterocycles. The predicted molar refractivity (Wildman–Crippen MR) is 87.1 cm³/mol. The highest BCUT2D eigenvalue weighted by Gasteiger charge is 2.35. The van der Waals surface area contributed by atoms with Gasteiger partial charge in [-0.3, -0.25) is 4.79 Å². The molecule has 1 aromatic heterocycles. The van der Waals surface area contributed by atoms with E-state index in [0.29, 0.717) is 22.3 Å². The van der Waals surface area contributed by atoms with Crippen molar-refractivity contribution >= 4 is 16.9 Å². The number of hydrogen-bond acceptors (Lipinski definition) is 6. The Balaban J connectivity index is 1.87. The molecule has 0 amide bonds. The fourth-order valence-electron chi connectivity index (χ4n) is 2.76. The Bertz CT molecular complexity index is 803. The molecule has 0 saturated heterocycles. The van der Waals surface area contributed by atoms with Crippen LogP contribution < -0.4 is 10.4 Å². The fraction of sp³-hybridized carbons (Fsp3) is 0.444. The summed E-state index contributed by atoms with van der Waals surface area (Å²) in [5.74, 6) is 0.154. The first-order chi connectivity index (χ1) is 11.5. The zero-order valence-electron chi connectivity index (χ0n) is 13.5. The van der Waals surface area contributed by atoms with Gasteiger partial charge in [-0.2, -0.15) is 0 Å². The predicted octanol–water partition coefficient (Wildman–Crippen LogP) is 2.19. The van der Waals surface area contributed by atoms with Crippen molar-refractivity contribution in [1.82, 2.24) is 0 Å². The lowest BCUT2D eigenvalue weighted by Gasteiger charge is -2.36. The van der Waals surface area contributed by atoms with Crippen LogP contribution in [0.25, 0.3) is 11.0 Å². The topological polar surface area (TPSA) is 86.0 Å². The summed E-state index contributed by atoms with van der Waals surface area (Å²) in [4.78, 5) is 23.4. The third-order valence-corrected chi connectivity index (χ3v) is 4.23. The van der Waals surface area contributed by atoms with Crippen molar-refractivity contribution in [3.05, 3.63) is 40.2 Å². The van der Waals surface area contributed by atoms with Crippen LogP contribution in [0.15, 0.2) is 33.5 Å². The Labute approximate surface area is 139 Å². The number of carbonyl (C=O) groups is 1. The average molecular weight is 332 g/mol. The zero-order chi connectivity index (χ0) is 17.2. The number of rotatable bonds is 6. The molecular weight excluding hydrogens is 312 g/mol. The van der Waals surface area contributed by atoms with Gasteiger partial charge in [0.15, 0.2) is 0 Å². The zero-order valence-corrected chi connectivity index (χ0v) is 13.5. The van der Waals surface area contributed by atoms with Gasteiger partial charge >= 0.3 is 11.6 Å². The number of hydrogen-bond donors (Lipinski definition) is 1. The summed E-state index contributed by atoms with van der Waals surface area (Å²) in [6.07, 6.45) is 2.48. The molecule has 6 heteroatoms. The lowest BCUT2D eigenvalue weighted by atomic mass is 9.81. The van der Waals surface area contributed by atoms with E-state index in [2.05, 4.69) is 0 Å². The second kappa shape index (κ2) is 6.65. The minimum absolute atomic E-state index is 0.0106. The maximum absolute atomic E-state index is 11.7. The minimum atomic E-state index is -0.744. The normalized spacial score (nSPS) is 15.8. The number of benzene rings is 1. The van der Waals surface area contributed by atoms with Gasteiger partial charge in [-0.05, 0) is 49.9 Å². The highest BCUT2D eigenvalue weighted by atomic mass is 16.5. The Morgan fingerprint density at radius 3 is 2.79 bits per heavy atom. The van der Waals surface area contributed by atoms with E-state index in [1.54, 1.807) is 25.1 Å². The molecule has 1 N–H and O–H groups in total. The van der Waals surface area contributed by atoms with Crippen LogP contribution in [-0.2, 0) is 16.0 Å². The molecule has 0 bridgehead atoms. The number of aliphatic hydroxyl groups is 1. The van der Waals surface area contributed by atoms with Crippen LogP contribution in [0.3, 0.4) is 0 Å². The molecule has 3 rings (SSSR count). The molecule has 1 aliphatic carbocycles. The second-order valence-corrected chi connectivity index (χ2v) is 6.10. The molecule has 1 heterocycles. The van der Waals surface area contributed by atoms with Crippen LogP contribution in [0.2, 0.25) is 0 Å². The number of ether oxygens (including phenoxy) is 2. The lowest BCUT2D eigenvalue weighted by Crippen LogP contribution is -2.42. The first-order valence-electron chi connectivity index (χ1n) is 8.07. The van der Waals surface area contributed by atoms with Gasteiger partial charge in [-0.1, -0.05) is 0 Å². The van der Waals surface area contributed by atoms with Crippen molar-refractivity contribution in [3.63, 3.8) is 0 Å². The van der Waals surface area contributed by atoms with Gasteiger partial charge in [0.1, 0.15) is 17.9 Å². The van der Waals surface area contributed by atoms with E-state index in [1.165, 1.54) is 6.07 Å². The van der Waals surface area contributed by atoms with Crippen molar-refractivity contribution in [2.24, 2.45) is 0 Å². The van der Waals surface area contributed by atoms with Crippen LogP contribution in [-0.4, -0.2) is 29.9 Å². The average Bonchev–Trinajstić information content (AvgIpc) is 2.51. The summed E-state index contributed by atoms with van der Waals surface area (Å²) in [6.45, 7) is 2.24. The Kier molecular flexibility index (Phi) is 4.57. The van der Waals surface area contributed by atoms with Gasteiger partial charge < -0.3 is 19.0 Å². The molecule has 0 radical (unpaired) electrons. The second-order valence-electron chi connectivity index (χ2n) is 6.10. The first-order valence-corrected chi connectivity index (χ1v) is 8.07. The van der Waals surface area contributed by atoms with Crippen LogP contribution in [0.5, 0.6) is 5.75 Å². The molecule has 1 aromatic carbocycles. The van der Waals surface area contributed by atoms with Crippen LogP contribution in [0, 0.1) is 0 Å². The van der Waals surface area contributed by atoms with Crippen molar-refractivity contribution in [3.8, 4) is 5.75 Å². The molecule has 24 heavy (non-hydrogen) atoms. The van der Waals surface area contributed by atoms with Crippen molar-refractivity contribution in [1.29, 1.82) is 0 Å². The summed E-state index contributed by atoms with van der Waals surface area (Å²) >= 11 is 0. The molecular formula is C18H20O6. The van der Waals surface area contributed by atoms with E-state index >= 15 is 0 Å². The Hall–Kier alpha value is -2.34. The fourth-order valence-corrected chi connectivity index (χ4v) is 2.76. The molecule has 128 valence electrons. The largest absolute Gasteiger partial charge is 0.491 e. The third kappa shape index (κ3) is 3.59. The number of esters is 1. The van der Waals surface area contributed by atoms with Gasteiger partial charge in [-0.15, -0.1) is 0 Å². The molecule has 1 aliphatic rings. The van der Waals surface area contributed by atoms with E-state index in [1.807, 2.05) is 0 Å². The highest BCUT2D eigenvalue weighted by Crippen LogP contribution is 2.32. The van der Waals surface area contributed by atoms with E-state index in [4.69, 9.17) is 13.9 Å². The summed E-state index contributed by atoms with van der Waals surface area (Å²) in [6, 6.07) is 6.32. The molecule has 1 saturated carbocycles. The SMILES string of the molecule is CCOC(=O)Cc1cc(=O)oc2ccc(OCC3(O)CCC3)cc12. The smallest absolute Gasteiger partial charge is 0.336 e. The van der Waals surface area contributed by atoms with Crippen molar-refractivity contribution < 1.29 is 23.8 Å². The van der Waals surface area contributed by atoms with Gasteiger partial charge in [0.2, 0.25) is 0 Å². The van der Waals surface area contributed by atoms with Crippen molar-refractivity contribution in [2.45, 2.75) is 38.2 Å². The van der Waals surface area contributed by atoms with Gasteiger partial charge in [0, 0.05) is 11.5 Å². The first kappa shape index (κ1) is 16.5. The summed E-state index contributed by atoms with van der Waals surface area (Å²) < 4.78 is 15.8. The molecule has 1 fully saturated rings. The maximum Gasteiger partial charge on any atom is 0.336 e. The molecule has 0 atom stereocenters. The summed E-state index contributed by atoms with van der Waals surface area (Å²) in [7, 11) is 0. The van der Waals surface area contributed by atoms with Crippen molar-refractivity contribution in [2.75, 3.05) is 13.2 Å². The maximum atomic E-state index is 11.7. The van der Waals surface area contributed by atoms with Crippen LogP contribution in [0.4, 0.5) is 0 Å². The monoisotopic (exact) mass is 332 g/mol. The van der Waals surface area contributed by atoms with E-state index in [9.17, 15) is 14.7 Å². The highest BCUT2D eigenvalue weighted by molar-refractivity contribution is 5.86. The van der Waals surface area contributed by atoms with Crippen LogP contribution >= 0.6 is 0 Å². The van der Waals surface area contributed by atoms with Gasteiger partial charge in [0.05, 0.1) is 18.6 Å². The quantitative estimate of drug-likeness (QED) is 0.645. The standard InChI is InChI=1S/C18H20O6/c1-2-22-16(19)8-12-9-17(20)24-15-5-4-13(10-14(12)15)23-11-18(21)6-3-7-18/h4-5,9-10,21H,2-3,6-8,11H2,1H3. The van der Waals surface area contributed by atoms with E-state index in [0.717, 1.165) is 19.3 Å². The summed E-state index contributed by atoms with van der Waals surface area (Å²) in [5, 5.41) is 10.7. The molecule has 0 spiro atoms. The van der Waals surface area contributed by atoms with Gasteiger partial charge in [0.25, 0.3) is 0 Å². The van der Waals surface area contributed by atoms with E-state index in [-0.39, 0.29) is 19.6 Å². The third-order valence-electron chi connectivity index (χ3n) is 4.23.